The first-order valence-corrected chi connectivity index (χ1v) is 12.7. The fraction of sp³-hybridized carbons (Fsp3) is 0.290. The molecule has 1 N–H and O–H groups in total. The van der Waals surface area contributed by atoms with E-state index in [0.29, 0.717) is 12.0 Å². The highest BCUT2D eigenvalue weighted by atomic mass is 16.5. The maximum atomic E-state index is 11.6. The van der Waals surface area contributed by atoms with Gasteiger partial charge in [-0.25, -0.2) is 0 Å². The molecule has 2 atom stereocenters. The summed E-state index contributed by atoms with van der Waals surface area (Å²) in [5.41, 5.74) is 6.77. The van der Waals surface area contributed by atoms with Crippen LogP contribution in [0, 0.1) is 6.92 Å². The average Bonchev–Trinajstić information content (AvgIpc) is 3.84. The predicted molar refractivity (Wildman–Crippen MR) is 141 cm³/mol. The number of carboxylic acid groups (broad SMARTS) is 1. The molecule has 0 spiro atoms. The van der Waals surface area contributed by atoms with Crippen LogP contribution in [0.1, 0.15) is 48.9 Å². The number of carboxylic acids is 1. The van der Waals surface area contributed by atoms with Gasteiger partial charge in [-0.3, -0.25) is 4.79 Å². The van der Waals surface area contributed by atoms with Crippen molar-refractivity contribution >= 4 is 11.7 Å². The monoisotopic (exact) mass is 478 g/mol. The smallest absolute Gasteiger partial charge is 0.314 e. The SMILES string of the molecule is CCN(c1c(C)noc1-c1ccc(-c2ccc(C3(C(=O)O)CC3)cc2)cc1)C1CC1c1ccccc1. The highest BCUT2D eigenvalue weighted by molar-refractivity contribution is 5.85. The number of benzene rings is 3. The number of likely N-dealkylation sites (N-methyl/N-ethyl adjacent to an activating group) is 1. The second-order valence-electron chi connectivity index (χ2n) is 10.1. The minimum absolute atomic E-state index is 0.451. The molecule has 36 heavy (non-hydrogen) atoms. The van der Waals surface area contributed by atoms with Crippen LogP contribution < -0.4 is 4.90 Å². The van der Waals surface area contributed by atoms with Crippen molar-refractivity contribution in [1.82, 2.24) is 5.16 Å². The van der Waals surface area contributed by atoms with Crippen LogP contribution in [0.25, 0.3) is 22.5 Å². The summed E-state index contributed by atoms with van der Waals surface area (Å²) in [6.07, 6.45) is 2.58. The molecule has 5 heteroatoms. The van der Waals surface area contributed by atoms with Gasteiger partial charge in [0.15, 0.2) is 5.76 Å². The first-order valence-electron chi connectivity index (χ1n) is 12.7. The minimum atomic E-state index is -0.722. The highest BCUT2D eigenvalue weighted by Gasteiger charge is 2.51. The zero-order valence-corrected chi connectivity index (χ0v) is 20.6. The Labute approximate surface area is 211 Å². The Morgan fingerprint density at radius 1 is 0.972 bits per heavy atom. The fourth-order valence-corrected chi connectivity index (χ4v) is 5.58. The topological polar surface area (TPSA) is 66.6 Å². The average molecular weight is 479 g/mol. The van der Waals surface area contributed by atoms with Crippen LogP contribution in [-0.2, 0) is 10.2 Å². The standard InChI is InChI=1S/C31H30N2O3/c1-3-33(27-19-26(27)23-7-5-4-6-8-23)28-20(2)32-36-29(28)24-11-9-21(10-12-24)22-13-15-25(16-14-22)31(17-18-31)30(34)35/h4-16,26-27H,3,17-19H2,1-2H3,(H,34,35). The van der Waals surface area contributed by atoms with Gasteiger partial charge in [0.2, 0.25) is 0 Å². The second kappa shape index (κ2) is 8.66. The minimum Gasteiger partial charge on any atom is -0.481 e. The van der Waals surface area contributed by atoms with E-state index < -0.39 is 11.4 Å². The van der Waals surface area contributed by atoms with Crippen LogP contribution in [0.15, 0.2) is 83.4 Å². The van der Waals surface area contributed by atoms with Gasteiger partial charge >= 0.3 is 5.97 Å². The highest BCUT2D eigenvalue weighted by Crippen LogP contribution is 2.50. The van der Waals surface area contributed by atoms with Gasteiger partial charge in [0.25, 0.3) is 0 Å². The van der Waals surface area contributed by atoms with E-state index >= 15 is 0 Å². The molecule has 0 radical (unpaired) electrons. The molecule has 2 aliphatic rings. The summed E-state index contributed by atoms with van der Waals surface area (Å²) in [4.78, 5) is 14.1. The Morgan fingerprint density at radius 2 is 1.58 bits per heavy atom. The number of aryl methyl sites for hydroxylation is 1. The Hall–Kier alpha value is -3.86. The van der Waals surface area contributed by atoms with Crippen molar-refractivity contribution in [3.05, 3.63) is 95.7 Å². The molecule has 5 nitrogen and oxygen atoms in total. The molecule has 4 aromatic rings. The lowest BCUT2D eigenvalue weighted by Gasteiger charge is -2.23. The molecule has 2 saturated carbocycles. The van der Waals surface area contributed by atoms with E-state index in [2.05, 4.69) is 71.6 Å². The van der Waals surface area contributed by atoms with Gasteiger partial charge < -0.3 is 14.5 Å². The third kappa shape index (κ3) is 3.79. The maximum absolute atomic E-state index is 11.6. The van der Waals surface area contributed by atoms with Crippen LogP contribution in [0.4, 0.5) is 5.69 Å². The quantitative estimate of drug-likeness (QED) is 0.301. The van der Waals surface area contributed by atoms with Gasteiger partial charge in [-0.15, -0.1) is 0 Å². The number of nitrogens with zero attached hydrogens (tertiary/aromatic N) is 2. The molecule has 2 unspecified atom stereocenters. The lowest BCUT2D eigenvalue weighted by Crippen LogP contribution is -2.27. The van der Waals surface area contributed by atoms with Crippen molar-refractivity contribution in [2.45, 2.75) is 50.5 Å². The predicted octanol–water partition coefficient (Wildman–Crippen LogP) is 6.82. The van der Waals surface area contributed by atoms with E-state index in [1.807, 2.05) is 31.2 Å². The van der Waals surface area contributed by atoms with Gasteiger partial charge in [0.1, 0.15) is 11.4 Å². The molecule has 2 aliphatic carbocycles. The molecule has 6 rings (SSSR count). The molecule has 1 aromatic heterocycles. The molecule has 182 valence electrons. The Morgan fingerprint density at radius 3 is 2.17 bits per heavy atom. The summed E-state index contributed by atoms with van der Waals surface area (Å²) in [5, 5.41) is 13.9. The summed E-state index contributed by atoms with van der Waals surface area (Å²) in [7, 11) is 0. The fourth-order valence-electron chi connectivity index (χ4n) is 5.58. The van der Waals surface area contributed by atoms with Crippen molar-refractivity contribution in [2.24, 2.45) is 0 Å². The molecule has 0 bridgehead atoms. The Bertz CT molecular complexity index is 1390. The lowest BCUT2D eigenvalue weighted by molar-refractivity contribution is -0.140. The molecule has 0 amide bonds. The van der Waals surface area contributed by atoms with Gasteiger partial charge in [0, 0.05) is 24.1 Å². The largest absolute Gasteiger partial charge is 0.481 e. The van der Waals surface area contributed by atoms with Crippen molar-refractivity contribution in [1.29, 1.82) is 0 Å². The lowest BCUT2D eigenvalue weighted by atomic mass is 9.93. The number of carbonyl (C=O) groups is 1. The zero-order valence-electron chi connectivity index (χ0n) is 20.6. The molecule has 1 heterocycles. The maximum Gasteiger partial charge on any atom is 0.314 e. The second-order valence-corrected chi connectivity index (χ2v) is 10.1. The third-order valence-electron chi connectivity index (χ3n) is 7.92. The van der Waals surface area contributed by atoms with E-state index in [0.717, 1.165) is 65.2 Å². The number of aliphatic carboxylic acids is 1. The van der Waals surface area contributed by atoms with E-state index in [1.54, 1.807) is 0 Å². The van der Waals surface area contributed by atoms with Crippen LogP contribution in [0.2, 0.25) is 0 Å². The first kappa shape index (κ1) is 22.6. The van der Waals surface area contributed by atoms with Crippen LogP contribution >= 0.6 is 0 Å². The van der Waals surface area contributed by atoms with Gasteiger partial charge in [-0.1, -0.05) is 84.0 Å². The Kier molecular flexibility index (Phi) is 5.44. The Balaban J connectivity index is 1.24. The zero-order chi connectivity index (χ0) is 24.9. The molecule has 0 aliphatic heterocycles. The summed E-state index contributed by atoms with van der Waals surface area (Å²) in [6, 6.07) is 27.5. The number of rotatable bonds is 8. The van der Waals surface area contributed by atoms with Crippen LogP contribution in [0.5, 0.6) is 0 Å². The summed E-state index contributed by atoms with van der Waals surface area (Å²) >= 11 is 0. The molecule has 0 saturated heterocycles. The van der Waals surface area contributed by atoms with E-state index in [9.17, 15) is 9.90 Å². The van der Waals surface area contributed by atoms with Crippen LogP contribution in [0.3, 0.4) is 0 Å². The molecule has 2 fully saturated rings. The van der Waals surface area contributed by atoms with E-state index in [4.69, 9.17) is 4.52 Å². The van der Waals surface area contributed by atoms with Crippen molar-refractivity contribution in [2.75, 3.05) is 11.4 Å². The molecular weight excluding hydrogens is 448 g/mol. The number of hydrogen-bond acceptors (Lipinski definition) is 4. The molecule has 3 aromatic carbocycles. The summed E-state index contributed by atoms with van der Waals surface area (Å²) in [6.45, 7) is 5.11. The number of anilines is 1. The van der Waals surface area contributed by atoms with E-state index in [1.165, 1.54) is 5.56 Å². The number of aromatic nitrogens is 1. The summed E-state index contributed by atoms with van der Waals surface area (Å²) in [5.74, 6) is 0.627. The van der Waals surface area contributed by atoms with E-state index in [-0.39, 0.29) is 0 Å². The van der Waals surface area contributed by atoms with Crippen molar-refractivity contribution < 1.29 is 14.4 Å². The van der Waals surface area contributed by atoms with Gasteiger partial charge in [-0.05, 0) is 55.4 Å². The van der Waals surface area contributed by atoms with Gasteiger partial charge in [-0.2, -0.15) is 0 Å². The van der Waals surface area contributed by atoms with Crippen LogP contribution in [-0.4, -0.2) is 28.8 Å². The number of hydrogen-bond donors (Lipinski definition) is 1. The summed E-state index contributed by atoms with van der Waals surface area (Å²) < 4.78 is 5.86. The first-order chi connectivity index (χ1) is 17.5. The normalized spacial score (nSPS) is 19.6. The van der Waals surface area contributed by atoms with Crippen molar-refractivity contribution in [3.8, 4) is 22.5 Å². The molecular formula is C31H30N2O3. The van der Waals surface area contributed by atoms with Crippen molar-refractivity contribution in [3.63, 3.8) is 0 Å². The van der Waals surface area contributed by atoms with Gasteiger partial charge in [0.05, 0.1) is 5.41 Å². The third-order valence-corrected chi connectivity index (χ3v) is 7.92.